The van der Waals surface area contributed by atoms with Gasteiger partial charge in [0.05, 0.1) is 5.56 Å². The number of alkyl halides is 3. The highest BCUT2D eigenvalue weighted by atomic mass is 19.4. The fraction of sp³-hybridized carbons (Fsp3) is 0.143. The number of nitrogen functional groups attached to an aromatic ring is 1. The van der Waals surface area contributed by atoms with Crippen LogP contribution in [0.25, 0.3) is 11.1 Å². The number of nitrogens with two attached hydrogens (primary N) is 1. The molecule has 2 rings (SSSR count). The summed E-state index contributed by atoms with van der Waals surface area (Å²) in [4.78, 5) is 0. The fourth-order valence-corrected chi connectivity index (χ4v) is 1.71. The summed E-state index contributed by atoms with van der Waals surface area (Å²) in [6.07, 6.45) is -4.30. The fourth-order valence-electron chi connectivity index (χ4n) is 1.71. The molecular formula is C14H12F3N. The first-order valence-corrected chi connectivity index (χ1v) is 5.42. The van der Waals surface area contributed by atoms with Crippen LogP contribution in [0.4, 0.5) is 18.9 Å². The highest BCUT2D eigenvalue weighted by molar-refractivity contribution is 5.67. The summed E-state index contributed by atoms with van der Waals surface area (Å²) in [7, 11) is 0. The molecule has 1 nitrogen and oxygen atoms in total. The van der Waals surface area contributed by atoms with Crippen molar-refractivity contribution in [3.05, 3.63) is 53.6 Å². The van der Waals surface area contributed by atoms with Gasteiger partial charge in [-0.1, -0.05) is 18.2 Å². The lowest BCUT2D eigenvalue weighted by molar-refractivity contribution is -0.137. The molecule has 0 bridgehead atoms. The molecule has 0 aliphatic heterocycles. The second kappa shape index (κ2) is 4.37. The molecule has 0 saturated heterocycles. The van der Waals surface area contributed by atoms with Gasteiger partial charge in [-0.25, -0.2) is 0 Å². The predicted molar refractivity (Wildman–Crippen MR) is 66.0 cm³/mol. The second-order valence-electron chi connectivity index (χ2n) is 4.15. The van der Waals surface area contributed by atoms with Crippen LogP contribution >= 0.6 is 0 Å². The lowest BCUT2D eigenvalue weighted by Crippen LogP contribution is -2.04. The molecule has 4 heteroatoms. The van der Waals surface area contributed by atoms with Gasteiger partial charge in [0.15, 0.2) is 0 Å². The quantitative estimate of drug-likeness (QED) is 0.753. The molecule has 0 amide bonds. The van der Waals surface area contributed by atoms with E-state index in [0.717, 1.165) is 28.8 Å². The van der Waals surface area contributed by atoms with E-state index in [9.17, 15) is 13.2 Å². The molecule has 2 N–H and O–H groups in total. The lowest BCUT2D eigenvalue weighted by Gasteiger charge is -2.09. The van der Waals surface area contributed by atoms with E-state index in [0.29, 0.717) is 5.69 Å². The van der Waals surface area contributed by atoms with Gasteiger partial charge in [0, 0.05) is 5.69 Å². The molecule has 0 fully saturated rings. The van der Waals surface area contributed by atoms with Crippen molar-refractivity contribution < 1.29 is 13.2 Å². The molecule has 0 spiro atoms. The van der Waals surface area contributed by atoms with Crippen LogP contribution in [0.1, 0.15) is 11.1 Å². The van der Waals surface area contributed by atoms with Gasteiger partial charge in [-0.3, -0.25) is 0 Å². The summed E-state index contributed by atoms with van der Waals surface area (Å²) >= 11 is 0. The number of benzene rings is 2. The maximum atomic E-state index is 12.4. The highest BCUT2D eigenvalue weighted by Gasteiger charge is 2.29. The number of aryl methyl sites for hydroxylation is 1. The van der Waals surface area contributed by atoms with E-state index in [1.165, 1.54) is 12.1 Å². The first kappa shape index (κ1) is 12.5. The van der Waals surface area contributed by atoms with E-state index < -0.39 is 11.7 Å². The van der Waals surface area contributed by atoms with Gasteiger partial charge in [0.2, 0.25) is 0 Å². The van der Waals surface area contributed by atoms with Crippen molar-refractivity contribution in [3.8, 4) is 11.1 Å². The van der Waals surface area contributed by atoms with Crippen LogP contribution in [-0.4, -0.2) is 0 Å². The first-order valence-electron chi connectivity index (χ1n) is 5.42. The second-order valence-corrected chi connectivity index (χ2v) is 4.15. The Kier molecular flexibility index (Phi) is 3.03. The Morgan fingerprint density at radius 1 is 0.889 bits per heavy atom. The van der Waals surface area contributed by atoms with Crippen LogP contribution in [-0.2, 0) is 6.18 Å². The largest absolute Gasteiger partial charge is 0.416 e. The summed E-state index contributed by atoms with van der Waals surface area (Å²) in [6.45, 7) is 1.86. The van der Waals surface area contributed by atoms with Crippen LogP contribution in [0.2, 0.25) is 0 Å². The van der Waals surface area contributed by atoms with Crippen molar-refractivity contribution in [1.29, 1.82) is 0 Å². The molecule has 0 atom stereocenters. The Morgan fingerprint density at radius 3 is 1.94 bits per heavy atom. The number of halogens is 3. The Hall–Kier alpha value is -1.97. The van der Waals surface area contributed by atoms with Crippen molar-refractivity contribution in [2.24, 2.45) is 0 Å². The molecule has 0 aromatic heterocycles. The first-order chi connectivity index (χ1) is 8.38. The summed E-state index contributed by atoms with van der Waals surface area (Å²) in [5.74, 6) is 0. The van der Waals surface area contributed by atoms with Gasteiger partial charge in [0.25, 0.3) is 0 Å². The summed E-state index contributed by atoms with van der Waals surface area (Å²) < 4.78 is 37.3. The van der Waals surface area contributed by atoms with Crippen LogP contribution < -0.4 is 5.73 Å². The van der Waals surface area contributed by atoms with Gasteiger partial charge in [-0.05, 0) is 47.9 Å². The lowest BCUT2D eigenvalue weighted by atomic mass is 10.0. The Labute approximate surface area is 103 Å². The van der Waals surface area contributed by atoms with Crippen LogP contribution in [0.15, 0.2) is 42.5 Å². The molecule has 94 valence electrons. The van der Waals surface area contributed by atoms with Crippen molar-refractivity contribution in [1.82, 2.24) is 0 Å². The van der Waals surface area contributed by atoms with Gasteiger partial charge >= 0.3 is 6.18 Å². The van der Waals surface area contributed by atoms with Crippen molar-refractivity contribution in [2.75, 3.05) is 5.73 Å². The number of anilines is 1. The van der Waals surface area contributed by atoms with E-state index >= 15 is 0 Å². The van der Waals surface area contributed by atoms with E-state index in [1.807, 2.05) is 13.0 Å². The third-order valence-electron chi connectivity index (χ3n) is 2.82. The monoisotopic (exact) mass is 251 g/mol. The minimum atomic E-state index is -4.30. The molecule has 0 aliphatic carbocycles. The zero-order chi connectivity index (χ0) is 13.3. The highest BCUT2D eigenvalue weighted by Crippen LogP contribution is 2.31. The zero-order valence-electron chi connectivity index (χ0n) is 9.75. The Morgan fingerprint density at radius 2 is 1.44 bits per heavy atom. The molecule has 0 saturated carbocycles. The molecule has 18 heavy (non-hydrogen) atoms. The summed E-state index contributed by atoms with van der Waals surface area (Å²) in [5.41, 5.74) is 8.24. The smallest absolute Gasteiger partial charge is 0.399 e. The van der Waals surface area contributed by atoms with Crippen LogP contribution in [0.5, 0.6) is 0 Å². The van der Waals surface area contributed by atoms with Gasteiger partial charge in [-0.15, -0.1) is 0 Å². The van der Waals surface area contributed by atoms with Crippen LogP contribution in [0.3, 0.4) is 0 Å². The minimum absolute atomic E-state index is 0.640. The van der Waals surface area contributed by atoms with Crippen molar-refractivity contribution in [2.45, 2.75) is 13.1 Å². The SMILES string of the molecule is Cc1cc(-c2ccc(C(F)(F)F)cc2)ccc1N. The van der Waals surface area contributed by atoms with Gasteiger partial charge in [-0.2, -0.15) is 13.2 Å². The molecule has 0 radical (unpaired) electrons. The molecular weight excluding hydrogens is 239 g/mol. The van der Waals surface area contributed by atoms with E-state index in [1.54, 1.807) is 12.1 Å². The topological polar surface area (TPSA) is 26.0 Å². The molecule has 2 aromatic rings. The number of rotatable bonds is 1. The summed E-state index contributed by atoms with van der Waals surface area (Å²) in [5, 5.41) is 0. The number of hydrogen-bond acceptors (Lipinski definition) is 1. The van der Waals surface area contributed by atoms with Gasteiger partial charge < -0.3 is 5.73 Å². The van der Waals surface area contributed by atoms with E-state index in [4.69, 9.17) is 5.73 Å². The molecule has 2 aromatic carbocycles. The minimum Gasteiger partial charge on any atom is -0.399 e. The zero-order valence-corrected chi connectivity index (χ0v) is 9.75. The normalized spacial score (nSPS) is 11.6. The maximum absolute atomic E-state index is 12.4. The van der Waals surface area contributed by atoms with Crippen molar-refractivity contribution >= 4 is 5.69 Å². The van der Waals surface area contributed by atoms with E-state index in [-0.39, 0.29) is 0 Å². The maximum Gasteiger partial charge on any atom is 0.416 e. The summed E-state index contributed by atoms with van der Waals surface area (Å²) in [6, 6.07) is 10.5. The van der Waals surface area contributed by atoms with E-state index in [2.05, 4.69) is 0 Å². The molecule has 0 aliphatic rings. The molecule has 0 unspecified atom stereocenters. The average Bonchev–Trinajstić information content (AvgIpc) is 2.32. The van der Waals surface area contributed by atoms with Gasteiger partial charge in [0.1, 0.15) is 0 Å². The average molecular weight is 251 g/mol. The standard InChI is InChI=1S/C14H12F3N/c1-9-8-11(4-7-13(9)18)10-2-5-12(6-3-10)14(15,16)17/h2-8H,18H2,1H3. The predicted octanol–water partition coefficient (Wildman–Crippen LogP) is 4.26. The number of hydrogen-bond donors (Lipinski definition) is 1. The third kappa shape index (κ3) is 2.47. The third-order valence-corrected chi connectivity index (χ3v) is 2.82. The van der Waals surface area contributed by atoms with Crippen LogP contribution in [0, 0.1) is 6.92 Å². The Balaban J connectivity index is 2.37. The van der Waals surface area contributed by atoms with Crippen molar-refractivity contribution in [3.63, 3.8) is 0 Å². The Bertz CT molecular complexity index is 556. The molecule has 0 heterocycles.